The van der Waals surface area contributed by atoms with Crippen LogP contribution < -0.4 is 15.4 Å². The van der Waals surface area contributed by atoms with Crippen molar-refractivity contribution in [3.63, 3.8) is 0 Å². The Morgan fingerprint density at radius 1 is 1.03 bits per heavy atom. The second-order valence-electron chi connectivity index (χ2n) is 6.63. The number of nitrogens with one attached hydrogen (secondary N) is 2. The highest BCUT2D eigenvalue weighted by atomic mass is 32.2. The summed E-state index contributed by atoms with van der Waals surface area (Å²) in [5.74, 6) is 0.177. The number of urea groups is 1. The lowest BCUT2D eigenvalue weighted by Gasteiger charge is -2.12. The van der Waals surface area contributed by atoms with Gasteiger partial charge in [0.1, 0.15) is 12.4 Å². The second kappa shape index (κ2) is 10.6. The Morgan fingerprint density at radius 3 is 2.52 bits per heavy atom. The zero-order valence-electron chi connectivity index (χ0n) is 16.7. The van der Waals surface area contributed by atoms with Crippen molar-refractivity contribution in [1.82, 2.24) is 10.3 Å². The fourth-order valence-electron chi connectivity index (χ4n) is 2.81. The Labute approximate surface area is 180 Å². The Kier molecular flexibility index (Phi) is 7.58. The lowest BCUT2D eigenvalue weighted by atomic mass is 10.2. The molecule has 8 nitrogen and oxygen atoms in total. The summed E-state index contributed by atoms with van der Waals surface area (Å²) in [5.41, 5.74) is 1.84. The highest BCUT2D eigenvalue weighted by molar-refractivity contribution is 7.90. The van der Waals surface area contributed by atoms with Crippen LogP contribution in [0.3, 0.4) is 0 Å². The van der Waals surface area contributed by atoms with Crippen molar-refractivity contribution < 1.29 is 23.1 Å². The van der Waals surface area contributed by atoms with Gasteiger partial charge in [-0.3, -0.25) is 4.98 Å². The van der Waals surface area contributed by atoms with Gasteiger partial charge in [-0.15, -0.1) is 0 Å². The molecule has 0 saturated heterocycles. The Balaban J connectivity index is 1.62. The van der Waals surface area contributed by atoms with Crippen LogP contribution in [0, 0.1) is 0 Å². The molecule has 0 aliphatic rings. The molecule has 162 valence electrons. The SMILES string of the molecule is O=C(NCc1cccnc1)Nc1ccc(S(=O)(=O)Cc2ccccc2OCCO)cc1. The molecular weight excluding hydrogens is 418 g/mol. The van der Waals surface area contributed by atoms with Gasteiger partial charge in [0.15, 0.2) is 9.84 Å². The molecule has 0 fully saturated rings. The van der Waals surface area contributed by atoms with E-state index in [-0.39, 0.29) is 23.9 Å². The molecule has 0 atom stereocenters. The quantitative estimate of drug-likeness (QED) is 0.470. The first-order chi connectivity index (χ1) is 15.0. The third-order valence-corrected chi connectivity index (χ3v) is 6.00. The molecule has 3 aromatic rings. The monoisotopic (exact) mass is 441 g/mol. The van der Waals surface area contributed by atoms with Gasteiger partial charge in [-0.05, 0) is 42.0 Å². The van der Waals surface area contributed by atoms with Crippen LogP contribution in [-0.2, 0) is 22.1 Å². The third-order valence-electron chi connectivity index (χ3n) is 4.31. The minimum absolute atomic E-state index is 0.0836. The van der Waals surface area contributed by atoms with Gasteiger partial charge < -0.3 is 20.5 Å². The normalized spacial score (nSPS) is 11.0. The first-order valence-electron chi connectivity index (χ1n) is 9.56. The average Bonchev–Trinajstić information content (AvgIpc) is 2.78. The maximum atomic E-state index is 12.8. The first kappa shape index (κ1) is 22.3. The van der Waals surface area contributed by atoms with Crippen LogP contribution in [0.1, 0.15) is 11.1 Å². The number of benzene rings is 2. The molecule has 0 radical (unpaired) electrons. The lowest BCUT2D eigenvalue weighted by molar-refractivity contribution is 0.200. The molecule has 2 aromatic carbocycles. The van der Waals surface area contributed by atoms with Crippen molar-refractivity contribution >= 4 is 21.6 Å². The fourth-order valence-corrected chi connectivity index (χ4v) is 4.18. The number of para-hydroxylation sites is 1. The van der Waals surface area contributed by atoms with Crippen LogP contribution in [0.15, 0.2) is 78.0 Å². The minimum atomic E-state index is -3.63. The van der Waals surface area contributed by atoms with Gasteiger partial charge in [0.05, 0.1) is 17.3 Å². The van der Waals surface area contributed by atoms with Gasteiger partial charge >= 0.3 is 6.03 Å². The molecule has 0 aliphatic heterocycles. The van der Waals surface area contributed by atoms with Gasteiger partial charge in [0, 0.05) is 30.2 Å². The summed E-state index contributed by atoms with van der Waals surface area (Å²) >= 11 is 0. The molecule has 9 heteroatoms. The zero-order valence-corrected chi connectivity index (χ0v) is 17.5. The molecule has 2 amide bonds. The number of rotatable bonds is 9. The van der Waals surface area contributed by atoms with Crippen molar-refractivity contribution in [2.45, 2.75) is 17.2 Å². The number of carbonyl (C=O) groups is 1. The number of nitrogens with zero attached hydrogens (tertiary/aromatic N) is 1. The molecular formula is C22H23N3O5S. The smallest absolute Gasteiger partial charge is 0.319 e. The molecule has 1 heterocycles. The predicted molar refractivity (Wildman–Crippen MR) is 116 cm³/mol. The Morgan fingerprint density at radius 2 is 1.81 bits per heavy atom. The molecule has 0 unspecified atom stereocenters. The van der Waals surface area contributed by atoms with Crippen molar-refractivity contribution in [3.05, 3.63) is 84.2 Å². The number of aromatic nitrogens is 1. The molecule has 1 aromatic heterocycles. The summed E-state index contributed by atoms with van der Waals surface area (Å²) in [5, 5.41) is 14.3. The largest absolute Gasteiger partial charge is 0.491 e. The first-order valence-corrected chi connectivity index (χ1v) is 11.2. The van der Waals surface area contributed by atoms with E-state index in [1.165, 1.54) is 24.3 Å². The van der Waals surface area contributed by atoms with Crippen molar-refractivity contribution in [3.8, 4) is 5.75 Å². The van der Waals surface area contributed by atoms with Gasteiger partial charge in [0.25, 0.3) is 0 Å². The predicted octanol–water partition coefficient (Wildman–Crippen LogP) is 2.75. The summed E-state index contributed by atoms with van der Waals surface area (Å²) < 4.78 is 31.0. The highest BCUT2D eigenvalue weighted by Crippen LogP contribution is 2.24. The number of aliphatic hydroxyl groups excluding tert-OH is 1. The standard InChI is InChI=1S/C22H23N3O5S/c26-12-13-30-21-6-2-1-5-18(21)16-31(28,29)20-9-7-19(8-10-20)25-22(27)24-15-17-4-3-11-23-14-17/h1-11,14,26H,12-13,15-16H2,(H2,24,25,27). The van der Waals surface area contributed by atoms with E-state index in [0.29, 0.717) is 23.5 Å². The molecule has 0 bridgehead atoms. The van der Waals surface area contributed by atoms with Crippen LogP contribution in [-0.4, -0.2) is 37.8 Å². The number of anilines is 1. The fraction of sp³-hybridized carbons (Fsp3) is 0.182. The molecule has 0 saturated carbocycles. The summed E-state index contributed by atoms with van der Waals surface area (Å²) in [7, 11) is -3.63. The van der Waals surface area contributed by atoms with Crippen LogP contribution in [0.5, 0.6) is 5.75 Å². The Bertz CT molecular complexity index is 1100. The van der Waals surface area contributed by atoms with E-state index in [4.69, 9.17) is 9.84 Å². The van der Waals surface area contributed by atoms with E-state index in [0.717, 1.165) is 5.56 Å². The molecule has 31 heavy (non-hydrogen) atoms. The summed E-state index contributed by atoms with van der Waals surface area (Å²) in [6.45, 7) is 0.246. The topological polar surface area (TPSA) is 118 Å². The van der Waals surface area contributed by atoms with Crippen LogP contribution >= 0.6 is 0 Å². The van der Waals surface area contributed by atoms with E-state index >= 15 is 0 Å². The number of ether oxygens (including phenoxy) is 1. The van der Waals surface area contributed by atoms with E-state index in [1.807, 2.05) is 6.07 Å². The number of hydrogen-bond acceptors (Lipinski definition) is 6. The summed E-state index contributed by atoms with van der Waals surface area (Å²) in [6, 6.07) is 16.0. The van der Waals surface area contributed by atoms with Crippen LogP contribution in [0.2, 0.25) is 0 Å². The lowest BCUT2D eigenvalue weighted by Crippen LogP contribution is -2.28. The van der Waals surface area contributed by atoms with E-state index in [9.17, 15) is 13.2 Å². The maximum absolute atomic E-state index is 12.8. The number of carbonyl (C=O) groups excluding carboxylic acids is 1. The van der Waals surface area contributed by atoms with E-state index in [1.54, 1.807) is 42.7 Å². The van der Waals surface area contributed by atoms with Gasteiger partial charge in [0.2, 0.25) is 0 Å². The minimum Gasteiger partial charge on any atom is -0.491 e. The highest BCUT2D eigenvalue weighted by Gasteiger charge is 2.18. The van der Waals surface area contributed by atoms with Crippen molar-refractivity contribution in [2.24, 2.45) is 0 Å². The van der Waals surface area contributed by atoms with Gasteiger partial charge in [-0.25, -0.2) is 13.2 Å². The molecule has 3 N–H and O–H groups in total. The number of hydrogen-bond donors (Lipinski definition) is 3. The number of amides is 2. The third kappa shape index (κ3) is 6.53. The summed E-state index contributed by atoms with van der Waals surface area (Å²) in [4.78, 5) is 16.2. The maximum Gasteiger partial charge on any atom is 0.319 e. The second-order valence-corrected chi connectivity index (χ2v) is 8.62. The summed E-state index contributed by atoms with van der Waals surface area (Å²) in [6.07, 6.45) is 3.31. The van der Waals surface area contributed by atoms with Gasteiger partial charge in [-0.1, -0.05) is 24.3 Å². The molecule has 0 aliphatic carbocycles. The Hall–Kier alpha value is -3.43. The molecule has 0 spiro atoms. The number of pyridine rings is 1. The average molecular weight is 442 g/mol. The number of sulfone groups is 1. The van der Waals surface area contributed by atoms with Crippen molar-refractivity contribution in [2.75, 3.05) is 18.5 Å². The van der Waals surface area contributed by atoms with Gasteiger partial charge in [-0.2, -0.15) is 0 Å². The van der Waals surface area contributed by atoms with E-state index in [2.05, 4.69) is 15.6 Å². The number of aliphatic hydroxyl groups is 1. The van der Waals surface area contributed by atoms with Crippen LogP contribution in [0.25, 0.3) is 0 Å². The van der Waals surface area contributed by atoms with Crippen molar-refractivity contribution in [1.29, 1.82) is 0 Å². The molecule has 3 rings (SSSR count). The zero-order chi connectivity index (χ0) is 22.1. The van der Waals surface area contributed by atoms with E-state index < -0.39 is 15.9 Å². The van der Waals surface area contributed by atoms with Crippen LogP contribution in [0.4, 0.5) is 10.5 Å².